The van der Waals surface area contributed by atoms with E-state index in [0.29, 0.717) is 19.6 Å². The Balaban J connectivity index is 1.83. The summed E-state index contributed by atoms with van der Waals surface area (Å²) < 4.78 is 7.05. The molecule has 0 aliphatic heterocycles. The normalized spacial score (nSPS) is 11.1. The molecule has 0 unspecified atom stereocenters. The van der Waals surface area contributed by atoms with E-state index in [9.17, 15) is 4.79 Å². The molecular weight excluding hydrogens is 268 g/mol. The molecule has 0 aliphatic rings. The molecule has 6 heteroatoms. The summed E-state index contributed by atoms with van der Waals surface area (Å²) in [6.07, 6.45) is 1.60. The first kappa shape index (κ1) is 15.3. The lowest BCUT2D eigenvalue weighted by atomic mass is 10.2. The number of carbonyl (C=O) groups excluding carboxylic acids is 1. The SMILES string of the molecule is Cc1nn(C)c(C)c1CN(C)CC(=O)NCc1ccco1. The second-order valence-corrected chi connectivity index (χ2v) is 5.30. The van der Waals surface area contributed by atoms with E-state index in [2.05, 4.69) is 10.4 Å². The number of likely N-dealkylation sites (N-methyl/N-ethyl adjacent to an activating group) is 1. The second kappa shape index (κ2) is 6.58. The Bertz CT molecular complexity index is 601. The number of aryl methyl sites for hydroxylation is 2. The van der Waals surface area contributed by atoms with Gasteiger partial charge < -0.3 is 9.73 Å². The van der Waals surface area contributed by atoms with Crippen molar-refractivity contribution in [3.05, 3.63) is 41.1 Å². The van der Waals surface area contributed by atoms with Crippen LogP contribution in [0.15, 0.2) is 22.8 Å². The quantitative estimate of drug-likeness (QED) is 0.873. The van der Waals surface area contributed by atoms with Gasteiger partial charge in [0.2, 0.25) is 5.91 Å². The van der Waals surface area contributed by atoms with Gasteiger partial charge in [-0.25, -0.2) is 0 Å². The van der Waals surface area contributed by atoms with E-state index < -0.39 is 0 Å². The summed E-state index contributed by atoms with van der Waals surface area (Å²) >= 11 is 0. The monoisotopic (exact) mass is 290 g/mol. The summed E-state index contributed by atoms with van der Waals surface area (Å²) in [5, 5.41) is 7.23. The van der Waals surface area contributed by atoms with E-state index in [1.165, 1.54) is 5.56 Å². The van der Waals surface area contributed by atoms with Crippen molar-refractivity contribution in [3.8, 4) is 0 Å². The molecule has 0 saturated heterocycles. The third-order valence-electron chi connectivity index (χ3n) is 3.54. The number of amides is 1. The van der Waals surface area contributed by atoms with Crippen LogP contribution in [-0.4, -0.2) is 34.2 Å². The highest BCUT2D eigenvalue weighted by atomic mass is 16.3. The van der Waals surface area contributed by atoms with Crippen molar-refractivity contribution in [2.45, 2.75) is 26.9 Å². The Labute approximate surface area is 124 Å². The number of rotatable bonds is 6. The van der Waals surface area contributed by atoms with Gasteiger partial charge in [0.15, 0.2) is 0 Å². The van der Waals surface area contributed by atoms with Crippen molar-refractivity contribution in [2.75, 3.05) is 13.6 Å². The molecule has 0 fully saturated rings. The topological polar surface area (TPSA) is 63.3 Å². The summed E-state index contributed by atoms with van der Waals surface area (Å²) in [5.41, 5.74) is 3.33. The molecule has 1 amide bonds. The van der Waals surface area contributed by atoms with E-state index in [-0.39, 0.29) is 5.91 Å². The number of aromatic nitrogens is 2. The van der Waals surface area contributed by atoms with Crippen molar-refractivity contribution < 1.29 is 9.21 Å². The second-order valence-electron chi connectivity index (χ2n) is 5.30. The van der Waals surface area contributed by atoms with E-state index in [0.717, 1.165) is 17.1 Å². The van der Waals surface area contributed by atoms with Gasteiger partial charge in [-0.3, -0.25) is 14.4 Å². The number of hydrogen-bond donors (Lipinski definition) is 1. The third-order valence-corrected chi connectivity index (χ3v) is 3.54. The first-order valence-electron chi connectivity index (χ1n) is 6.94. The first-order valence-corrected chi connectivity index (χ1v) is 6.94. The molecule has 0 aromatic carbocycles. The average molecular weight is 290 g/mol. The minimum atomic E-state index is -0.0203. The Hall–Kier alpha value is -2.08. The van der Waals surface area contributed by atoms with Crippen LogP contribution in [0.25, 0.3) is 0 Å². The van der Waals surface area contributed by atoms with Crippen LogP contribution in [0.3, 0.4) is 0 Å². The molecule has 0 bridgehead atoms. The van der Waals surface area contributed by atoms with E-state index in [1.54, 1.807) is 6.26 Å². The molecule has 2 rings (SSSR count). The molecule has 0 spiro atoms. The first-order chi connectivity index (χ1) is 9.97. The molecule has 2 aromatic rings. The number of carbonyl (C=O) groups is 1. The molecule has 114 valence electrons. The number of nitrogens with one attached hydrogen (secondary N) is 1. The Morgan fingerprint density at radius 1 is 1.48 bits per heavy atom. The zero-order valence-electron chi connectivity index (χ0n) is 13.0. The summed E-state index contributed by atoms with van der Waals surface area (Å²) in [6, 6.07) is 3.65. The largest absolute Gasteiger partial charge is 0.467 e. The van der Waals surface area contributed by atoms with Crippen molar-refractivity contribution in [1.82, 2.24) is 20.0 Å². The number of nitrogens with zero attached hydrogens (tertiary/aromatic N) is 3. The van der Waals surface area contributed by atoms with Crippen LogP contribution in [0.5, 0.6) is 0 Å². The summed E-state index contributed by atoms with van der Waals surface area (Å²) in [5.74, 6) is 0.734. The number of furan rings is 1. The maximum Gasteiger partial charge on any atom is 0.234 e. The highest BCUT2D eigenvalue weighted by Crippen LogP contribution is 2.13. The summed E-state index contributed by atoms with van der Waals surface area (Å²) in [4.78, 5) is 13.9. The van der Waals surface area contributed by atoms with Crippen molar-refractivity contribution >= 4 is 5.91 Å². The van der Waals surface area contributed by atoms with Crippen LogP contribution in [-0.2, 0) is 24.9 Å². The molecule has 0 aliphatic carbocycles. The highest BCUT2D eigenvalue weighted by Gasteiger charge is 2.13. The van der Waals surface area contributed by atoms with E-state index in [1.807, 2.05) is 49.7 Å². The van der Waals surface area contributed by atoms with Gasteiger partial charge in [0, 0.05) is 24.8 Å². The van der Waals surface area contributed by atoms with Crippen LogP contribution in [0.1, 0.15) is 22.7 Å². The maximum absolute atomic E-state index is 11.9. The minimum Gasteiger partial charge on any atom is -0.467 e. The Morgan fingerprint density at radius 2 is 2.24 bits per heavy atom. The summed E-state index contributed by atoms with van der Waals surface area (Å²) in [7, 11) is 3.86. The van der Waals surface area contributed by atoms with Gasteiger partial charge in [-0.2, -0.15) is 5.10 Å². The van der Waals surface area contributed by atoms with Crippen LogP contribution >= 0.6 is 0 Å². The maximum atomic E-state index is 11.9. The van der Waals surface area contributed by atoms with Gasteiger partial charge in [-0.05, 0) is 33.0 Å². The van der Waals surface area contributed by atoms with Crippen LogP contribution < -0.4 is 5.32 Å². The zero-order chi connectivity index (χ0) is 15.4. The fraction of sp³-hybridized carbons (Fsp3) is 0.467. The Kier molecular flexibility index (Phi) is 4.80. The smallest absolute Gasteiger partial charge is 0.234 e. The lowest BCUT2D eigenvalue weighted by Crippen LogP contribution is -2.34. The molecule has 0 saturated carbocycles. The van der Waals surface area contributed by atoms with Crippen LogP contribution in [0.2, 0.25) is 0 Å². The fourth-order valence-electron chi connectivity index (χ4n) is 2.27. The Morgan fingerprint density at radius 3 is 2.81 bits per heavy atom. The molecular formula is C15H22N4O2. The predicted octanol–water partition coefficient (Wildman–Crippen LogP) is 1.38. The highest BCUT2D eigenvalue weighted by molar-refractivity contribution is 5.77. The molecule has 0 radical (unpaired) electrons. The van der Waals surface area contributed by atoms with Gasteiger partial charge in [0.1, 0.15) is 5.76 Å². The van der Waals surface area contributed by atoms with Crippen molar-refractivity contribution in [2.24, 2.45) is 7.05 Å². The van der Waals surface area contributed by atoms with Gasteiger partial charge in [0.05, 0.1) is 25.0 Å². The fourth-order valence-corrected chi connectivity index (χ4v) is 2.27. The van der Waals surface area contributed by atoms with Gasteiger partial charge in [-0.1, -0.05) is 0 Å². The average Bonchev–Trinajstić information content (AvgIpc) is 3.01. The van der Waals surface area contributed by atoms with Crippen LogP contribution in [0.4, 0.5) is 0 Å². The lowest BCUT2D eigenvalue weighted by molar-refractivity contribution is -0.122. The van der Waals surface area contributed by atoms with Gasteiger partial charge >= 0.3 is 0 Å². The van der Waals surface area contributed by atoms with E-state index >= 15 is 0 Å². The lowest BCUT2D eigenvalue weighted by Gasteiger charge is -2.16. The summed E-state index contributed by atoms with van der Waals surface area (Å²) in [6.45, 7) is 5.51. The van der Waals surface area contributed by atoms with Gasteiger partial charge in [0.25, 0.3) is 0 Å². The van der Waals surface area contributed by atoms with Crippen molar-refractivity contribution in [1.29, 1.82) is 0 Å². The van der Waals surface area contributed by atoms with Crippen LogP contribution in [0, 0.1) is 13.8 Å². The number of hydrogen-bond acceptors (Lipinski definition) is 4. The molecule has 21 heavy (non-hydrogen) atoms. The minimum absolute atomic E-state index is 0.0203. The molecule has 0 atom stereocenters. The van der Waals surface area contributed by atoms with Gasteiger partial charge in [-0.15, -0.1) is 0 Å². The standard InChI is InChI=1S/C15H22N4O2/c1-11-14(12(2)19(4)17-11)9-18(3)10-15(20)16-8-13-6-5-7-21-13/h5-7H,8-10H2,1-4H3,(H,16,20). The van der Waals surface area contributed by atoms with Crippen molar-refractivity contribution in [3.63, 3.8) is 0 Å². The zero-order valence-corrected chi connectivity index (χ0v) is 13.0. The predicted molar refractivity (Wildman–Crippen MR) is 79.6 cm³/mol. The molecule has 6 nitrogen and oxygen atoms in total. The molecule has 2 heterocycles. The van der Waals surface area contributed by atoms with E-state index in [4.69, 9.17) is 4.42 Å². The molecule has 2 aromatic heterocycles. The third kappa shape index (κ3) is 3.95. The molecule has 1 N–H and O–H groups in total.